The fourth-order valence-corrected chi connectivity index (χ4v) is 1.78. The van der Waals surface area contributed by atoms with Gasteiger partial charge < -0.3 is 0 Å². The van der Waals surface area contributed by atoms with Crippen molar-refractivity contribution in [2.24, 2.45) is 0 Å². The molecule has 3 rings (SSSR count). The van der Waals surface area contributed by atoms with Crippen LogP contribution in [0.1, 0.15) is 0 Å². The average Bonchev–Trinajstić information content (AvgIpc) is 2.20. The van der Waals surface area contributed by atoms with E-state index < -0.39 is 0 Å². The van der Waals surface area contributed by atoms with Crippen molar-refractivity contribution < 1.29 is 0 Å². The van der Waals surface area contributed by atoms with Crippen molar-refractivity contribution in [1.82, 2.24) is 9.36 Å². The van der Waals surface area contributed by atoms with E-state index in [0.29, 0.717) is 0 Å². The Morgan fingerprint density at radius 3 is 2.58 bits per heavy atom. The lowest BCUT2D eigenvalue weighted by Gasteiger charge is -2.20. The van der Waals surface area contributed by atoms with Crippen LogP contribution in [0.15, 0.2) is 29.1 Å². The first-order valence-corrected chi connectivity index (χ1v) is 4.06. The third-order valence-electron chi connectivity index (χ3n) is 2.46. The number of para-hydroxylation sites is 1. The zero-order valence-electron chi connectivity index (χ0n) is 6.53. The summed E-state index contributed by atoms with van der Waals surface area (Å²) in [5, 5.41) is 0.843. The van der Waals surface area contributed by atoms with E-state index in [0.717, 1.165) is 24.0 Å². The zero-order valence-corrected chi connectivity index (χ0v) is 6.53. The second-order valence-corrected chi connectivity index (χ2v) is 3.07. The smallest absolute Gasteiger partial charge is 0.274 e. The van der Waals surface area contributed by atoms with Crippen molar-refractivity contribution in [2.75, 3.05) is 0 Å². The molecule has 0 saturated heterocycles. The van der Waals surface area contributed by atoms with Crippen molar-refractivity contribution in [1.29, 1.82) is 0 Å². The van der Waals surface area contributed by atoms with Crippen LogP contribution in [0.2, 0.25) is 0 Å². The molecule has 0 saturated carbocycles. The molecule has 0 unspecified atom stereocenters. The molecule has 12 heavy (non-hydrogen) atoms. The number of rotatable bonds is 0. The van der Waals surface area contributed by atoms with Gasteiger partial charge in [-0.1, -0.05) is 12.1 Å². The normalized spacial score (nSPS) is 14.3. The van der Waals surface area contributed by atoms with Crippen molar-refractivity contribution in [3.8, 4) is 0 Å². The van der Waals surface area contributed by atoms with Crippen LogP contribution in [0.25, 0.3) is 10.9 Å². The highest BCUT2D eigenvalue weighted by atomic mass is 16.1. The average molecular weight is 160 g/mol. The van der Waals surface area contributed by atoms with Gasteiger partial charge in [0.05, 0.1) is 24.0 Å². The van der Waals surface area contributed by atoms with Crippen LogP contribution in [-0.4, -0.2) is 9.36 Å². The molecule has 1 aromatic carbocycles. The standard InChI is InChI=1S/C9H8N2O/c12-9-7-3-1-2-4-8(7)10-5-6-11(9)10/h1-4H,5-6H2. The lowest BCUT2D eigenvalue weighted by atomic mass is 10.2. The Kier molecular flexibility index (Phi) is 0.909. The lowest BCUT2D eigenvalue weighted by Crippen LogP contribution is -2.34. The first-order valence-electron chi connectivity index (χ1n) is 4.06. The number of nitrogens with zero attached hydrogens (tertiary/aromatic N) is 2. The third kappa shape index (κ3) is 0.512. The molecule has 0 spiro atoms. The van der Waals surface area contributed by atoms with E-state index in [4.69, 9.17) is 0 Å². The van der Waals surface area contributed by atoms with Gasteiger partial charge in [-0.15, -0.1) is 0 Å². The summed E-state index contributed by atoms with van der Waals surface area (Å²) in [7, 11) is 0. The highest BCUT2D eigenvalue weighted by molar-refractivity contribution is 5.78. The van der Waals surface area contributed by atoms with Crippen LogP contribution in [0, 0.1) is 0 Å². The molecule has 0 bridgehead atoms. The molecule has 0 aliphatic carbocycles. The number of fused-ring (bicyclic) bond motifs is 3. The number of aromatic nitrogens is 2. The summed E-state index contributed by atoms with van der Waals surface area (Å²) in [4.78, 5) is 11.5. The summed E-state index contributed by atoms with van der Waals surface area (Å²) >= 11 is 0. The summed E-state index contributed by atoms with van der Waals surface area (Å²) in [5.41, 5.74) is 1.21. The molecular weight excluding hydrogens is 152 g/mol. The zero-order chi connectivity index (χ0) is 8.13. The van der Waals surface area contributed by atoms with Gasteiger partial charge in [-0.2, -0.15) is 0 Å². The molecule has 1 aliphatic rings. The van der Waals surface area contributed by atoms with E-state index in [9.17, 15) is 4.79 Å². The highest BCUT2D eigenvalue weighted by Gasteiger charge is 2.18. The largest absolute Gasteiger partial charge is 0.280 e. The van der Waals surface area contributed by atoms with E-state index in [2.05, 4.69) is 0 Å². The van der Waals surface area contributed by atoms with E-state index in [-0.39, 0.29) is 5.56 Å². The van der Waals surface area contributed by atoms with Crippen LogP contribution in [-0.2, 0) is 13.1 Å². The summed E-state index contributed by atoms with van der Waals surface area (Å²) in [5.74, 6) is 0. The number of aryl methyl sites for hydroxylation is 1. The maximum Gasteiger partial charge on any atom is 0.274 e. The molecule has 1 aliphatic heterocycles. The Balaban J connectivity index is 2.65. The van der Waals surface area contributed by atoms with Crippen molar-refractivity contribution in [3.63, 3.8) is 0 Å². The topological polar surface area (TPSA) is 26.9 Å². The minimum atomic E-state index is 0.150. The number of benzene rings is 1. The van der Waals surface area contributed by atoms with E-state index in [1.165, 1.54) is 0 Å². The molecule has 0 radical (unpaired) electrons. The molecule has 60 valence electrons. The van der Waals surface area contributed by atoms with Crippen molar-refractivity contribution in [3.05, 3.63) is 34.6 Å². The summed E-state index contributed by atoms with van der Waals surface area (Å²) in [6, 6.07) is 7.75. The molecule has 3 nitrogen and oxygen atoms in total. The van der Waals surface area contributed by atoms with E-state index >= 15 is 0 Å². The maximum atomic E-state index is 11.5. The first kappa shape index (κ1) is 6.06. The van der Waals surface area contributed by atoms with Crippen LogP contribution >= 0.6 is 0 Å². The molecule has 0 fully saturated rings. The molecule has 0 atom stereocenters. The Morgan fingerprint density at radius 2 is 1.83 bits per heavy atom. The molecule has 2 aromatic rings. The number of hydrogen-bond donors (Lipinski definition) is 0. The first-order chi connectivity index (χ1) is 5.88. The van der Waals surface area contributed by atoms with Crippen LogP contribution in [0.4, 0.5) is 0 Å². The minimum absolute atomic E-state index is 0.150. The molecule has 0 amide bonds. The minimum Gasteiger partial charge on any atom is -0.280 e. The highest BCUT2D eigenvalue weighted by Crippen LogP contribution is 2.15. The molecule has 3 heteroatoms. The van der Waals surface area contributed by atoms with Gasteiger partial charge in [-0.3, -0.25) is 9.48 Å². The molecular formula is C9H8N2O. The Labute approximate surface area is 68.8 Å². The SMILES string of the molecule is O=c1c2ccccc2n2n1CC2. The third-order valence-corrected chi connectivity index (χ3v) is 2.46. The second-order valence-electron chi connectivity index (χ2n) is 3.07. The van der Waals surface area contributed by atoms with Gasteiger partial charge in [0.15, 0.2) is 0 Å². The Morgan fingerprint density at radius 1 is 1.08 bits per heavy atom. The van der Waals surface area contributed by atoms with Crippen molar-refractivity contribution in [2.45, 2.75) is 13.1 Å². The molecule has 0 N–H and O–H groups in total. The lowest BCUT2D eigenvalue weighted by molar-refractivity contribution is 0.317. The van der Waals surface area contributed by atoms with E-state index in [1.807, 2.05) is 28.9 Å². The summed E-state index contributed by atoms with van der Waals surface area (Å²) < 4.78 is 3.81. The van der Waals surface area contributed by atoms with Crippen molar-refractivity contribution >= 4 is 10.9 Å². The molecule has 1 aromatic heterocycles. The van der Waals surface area contributed by atoms with Crippen LogP contribution in [0.3, 0.4) is 0 Å². The number of hydrogen-bond acceptors (Lipinski definition) is 1. The quantitative estimate of drug-likeness (QED) is 0.560. The predicted molar refractivity (Wildman–Crippen MR) is 46.2 cm³/mol. The maximum absolute atomic E-state index is 11.5. The van der Waals surface area contributed by atoms with Gasteiger partial charge in [0.25, 0.3) is 5.56 Å². The van der Waals surface area contributed by atoms with Gasteiger partial charge in [0.2, 0.25) is 0 Å². The van der Waals surface area contributed by atoms with Crippen LogP contribution < -0.4 is 5.56 Å². The van der Waals surface area contributed by atoms with E-state index in [1.54, 1.807) is 4.68 Å². The van der Waals surface area contributed by atoms with Gasteiger partial charge >= 0.3 is 0 Å². The Bertz CT molecular complexity index is 507. The fourth-order valence-electron chi connectivity index (χ4n) is 1.78. The van der Waals surface area contributed by atoms with Gasteiger partial charge in [-0.25, -0.2) is 4.68 Å². The molecule has 2 heterocycles. The Hall–Kier alpha value is -1.51. The summed E-state index contributed by atoms with van der Waals surface area (Å²) in [6.07, 6.45) is 0. The monoisotopic (exact) mass is 160 g/mol. The second kappa shape index (κ2) is 1.80. The van der Waals surface area contributed by atoms with Gasteiger partial charge in [-0.05, 0) is 12.1 Å². The van der Waals surface area contributed by atoms with Crippen LogP contribution in [0.5, 0.6) is 0 Å². The predicted octanol–water partition coefficient (Wildman–Crippen LogP) is 0.817. The summed E-state index contributed by atoms with van der Waals surface area (Å²) in [6.45, 7) is 1.84. The van der Waals surface area contributed by atoms with Gasteiger partial charge in [0.1, 0.15) is 0 Å². The van der Waals surface area contributed by atoms with Gasteiger partial charge in [0, 0.05) is 0 Å². The fraction of sp³-hybridized carbons (Fsp3) is 0.222.